The molecule has 0 aromatic carbocycles. The number of rotatable bonds is 11. The predicted octanol–water partition coefficient (Wildman–Crippen LogP) is 4.25. The number of carbonyl (C=O) groups is 2. The van der Waals surface area contributed by atoms with Crippen molar-refractivity contribution in [1.82, 2.24) is 10.6 Å². The van der Waals surface area contributed by atoms with Crippen LogP contribution in [0.2, 0.25) is 0 Å². The third-order valence-electron chi connectivity index (χ3n) is 5.39. The molecule has 32 heavy (non-hydrogen) atoms. The maximum absolute atomic E-state index is 11.9. The van der Waals surface area contributed by atoms with Crippen molar-refractivity contribution < 1.29 is 28.5 Å². The molecule has 0 saturated heterocycles. The second-order valence-corrected chi connectivity index (χ2v) is 8.09. The van der Waals surface area contributed by atoms with Crippen molar-refractivity contribution in [2.45, 2.75) is 76.4 Å². The highest BCUT2D eigenvalue weighted by Gasteiger charge is 2.15. The van der Waals surface area contributed by atoms with Crippen LogP contribution < -0.4 is 10.6 Å². The van der Waals surface area contributed by atoms with Gasteiger partial charge in [0.2, 0.25) is 0 Å². The minimum absolute atomic E-state index is 0.00553. The molecular formula is C24H40N2O6. The molecule has 0 aliphatic heterocycles. The van der Waals surface area contributed by atoms with Crippen molar-refractivity contribution >= 4 is 12.2 Å². The van der Waals surface area contributed by atoms with E-state index in [1.54, 1.807) is 0 Å². The number of nitrogens with one attached hydrogen (secondary N) is 2. The van der Waals surface area contributed by atoms with Gasteiger partial charge in [0.05, 0.1) is 26.4 Å². The molecule has 0 heterocycles. The zero-order valence-electron chi connectivity index (χ0n) is 19.2. The summed E-state index contributed by atoms with van der Waals surface area (Å²) < 4.78 is 21.8. The molecule has 8 nitrogen and oxygen atoms in total. The summed E-state index contributed by atoms with van der Waals surface area (Å²) in [6.45, 7) is 2.43. The Bertz CT molecular complexity index is 531. The minimum Gasteiger partial charge on any atom is -0.446 e. The Hall–Kier alpha value is -2.06. The quantitative estimate of drug-likeness (QED) is 0.359. The van der Waals surface area contributed by atoms with Crippen molar-refractivity contribution in [3.8, 4) is 0 Å². The lowest BCUT2D eigenvalue weighted by Crippen LogP contribution is -2.32. The molecule has 0 aromatic heterocycles. The molecular weight excluding hydrogens is 412 g/mol. The normalized spacial score (nSPS) is 21.5. The van der Waals surface area contributed by atoms with Gasteiger partial charge in [-0.15, -0.1) is 0 Å². The third kappa shape index (κ3) is 13.4. The Morgan fingerprint density at radius 1 is 0.625 bits per heavy atom. The van der Waals surface area contributed by atoms with E-state index in [1.807, 2.05) is 0 Å². The summed E-state index contributed by atoms with van der Waals surface area (Å²) in [6, 6.07) is 0. The Kier molecular flexibility index (Phi) is 14.3. The molecule has 2 amide bonds. The molecule has 0 spiro atoms. The van der Waals surface area contributed by atoms with E-state index in [9.17, 15) is 9.59 Å². The molecule has 182 valence electrons. The van der Waals surface area contributed by atoms with Crippen LogP contribution in [-0.4, -0.2) is 63.9 Å². The van der Waals surface area contributed by atoms with Gasteiger partial charge in [-0.1, -0.05) is 24.3 Å². The van der Waals surface area contributed by atoms with Crippen LogP contribution in [0.1, 0.15) is 64.2 Å². The first-order valence-electron chi connectivity index (χ1n) is 12.1. The van der Waals surface area contributed by atoms with Crippen molar-refractivity contribution in [3.63, 3.8) is 0 Å². The zero-order valence-corrected chi connectivity index (χ0v) is 19.2. The van der Waals surface area contributed by atoms with E-state index < -0.39 is 0 Å². The summed E-state index contributed by atoms with van der Waals surface area (Å²) >= 11 is 0. The van der Waals surface area contributed by atoms with Gasteiger partial charge in [-0.3, -0.25) is 0 Å². The average Bonchev–Trinajstić information content (AvgIpc) is 2.73. The second kappa shape index (κ2) is 17.5. The molecule has 0 bridgehead atoms. The number of amides is 2. The fourth-order valence-electron chi connectivity index (χ4n) is 3.65. The smallest absolute Gasteiger partial charge is 0.407 e. The second-order valence-electron chi connectivity index (χ2n) is 8.09. The molecule has 0 fully saturated rings. The topological polar surface area (TPSA) is 95.1 Å². The number of ether oxygens (including phenoxy) is 4. The van der Waals surface area contributed by atoms with Gasteiger partial charge < -0.3 is 29.6 Å². The third-order valence-corrected chi connectivity index (χ3v) is 5.39. The van der Waals surface area contributed by atoms with Gasteiger partial charge in [0.15, 0.2) is 0 Å². The molecule has 2 rings (SSSR count). The van der Waals surface area contributed by atoms with Gasteiger partial charge in [-0.25, -0.2) is 9.59 Å². The van der Waals surface area contributed by atoms with Crippen LogP contribution in [0.25, 0.3) is 0 Å². The first kappa shape index (κ1) is 26.2. The molecule has 8 heteroatoms. The van der Waals surface area contributed by atoms with Crippen LogP contribution in [0, 0.1) is 0 Å². The molecule has 2 unspecified atom stereocenters. The molecule has 0 radical (unpaired) electrons. The summed E-state index contributed by atoms with van der Waals surface area (Å²) in [5, 5.41) is 5.44. The maximum atomic E-state index is 11.9. The van der Waals surface area contributed by atoms with Crippen LogP contribution in [0.4, 0.5) is 9.59 Å². The molecule has 2 N–H and O–H groups in total. The summed E-state index contributed by atoms with van der Waals surface area (Å²) in [6.07, 6.45) is 17.6. The highest BCUT2D eigenvalue weighted by molar-refractivity contribution is 5.67. The van der Waals surface area contributed by atoms with Gasteiger partial charge in [0.25, 0.3) is 0 Å². The first-order chi connectivity index (χ1) is 15.7. The highest BCUT2D eigenvalue weighted by Crippen LogP contribution is 2.16. The lowest BCUT2D eigenvalue weighted by atomic mass is 10.0. The summed E-state index contributed by atoms with van der Waals surface area (Å²) in [5.41, 5.74) is 0. The van der Waals surface area contributed by atoms with Crippen LogP contribution in [-0.2, 0) is 18.9 Å². The van der Waals surface area contributed by atoms with Gasteiger partial charge in [-0.05, 0) is 64.2 Å². The van der Waals surface area contributed by atoms with E-state index in [1.165, 1.54) is 0 Å². The van der Waals surface area contributed by atoms with Crippen LogP contribution in [0.5, 0.6) is 0 Å². The van der Waals surface area contributed by atoms with Crippen LogP contribution >= 0.6 is 0 Å². The Labute approximate surface area is 192 Å². The van der Waals surface area contributed by atoms with Crippen LogP contribution in [0.15, 0.2) is 24.3 Å². The van der Waals surface area contributed by atoms with Crippen molar-refractivity contribution in [2.24, 2.45) is 0 Å². The molecule has 2 aliphatic rings. The standard InChI is InChI=1S/C24H40N2O6/c27-23(31-21-11-7-3-1-4-8-12-21)25-15-17-29-19-20-30-18-16-26-24(28)32-22-13-9-5-2-6-10-14-22/h1-3,5,21-22H,4,6-20H2,(H,25,27)(H,26,28). The van der Waals surface area contributed by atoms with E-state index in [0.717, 1.165) is 64.2 Å². The number of hydrogen-bond acceptors (Lipinski definition) is 6. The molecule has 0 saturated carbocycles. The summed E-state index contributed by atoms with van der Waals surface area (Å²) in [5.74, 6) is 0. The zero-order chi connectivity index (χ0) is 22.7. The number of allylic oxidation sites excluding steroid dienone is 4. The highest BCUT2D eigenvalue weighted by atomic mass is 16.6. The lowest BCUT2D eigenvalue weighted by Gasteiger charge is -2.18. The molecule has 2 aliphatic carbocycles. The lowest BCUT2D eigenvalue weighted by molar-refractivity contribution is 0.0452. The van der Waals surface area contributed by atoms with E-state index in [4.69, 9.17) is 18.9 Å². The Morgan fingerprint density at radius 3 is 1.53 bits per heavy atom. The van der Waals surface area contributed by atoms with Gasteiger partial charge in [0.1, 0.15) is 12.2 Å². The monoisotopic (exact) mass is 452 g/mol. The van der Waals surface area contributed by atoms with Crippen molar-refractivity contribution in [3.05, 3.63) is 24.3 Å². The van der Waals surface area contributed by atoms with Crippen molar-refractivity contribution in [1.29, 1.82) is 0 Å². The number of alkyl carbamates (subject to hydrolysis) is 2. The van der Waals surface area contributed by atoms with E-state index in [-0.39, 0.29) is 24.4 Å². The molecule has 0 aromatic rings. The number of carbonyl (C=O) groups excluding carboxylic acids is 2. The Balaban J connectivity index is 1.36. The maximum Gasteiger partial charge on any atom is 0.407 e. The fourth-order valence-corrected chi connectivity index (χ4v) is 3.65. The summed E-state index contributed by atoms with van der Waals surface area (Å²) in [4.78, 5) is 23.7. The average molecular weight is 453 g/mol. The minimum atomic E-state index is -0.381. The fraction of sp³-hybridized carbons (Fsp3) is 0.750. The summed E-state index contributed by atoms with van der Waals surface area (Å²) in [7, 11) is 0. The first-order valence-corrected chi connectivity index (χ1v) is 12.1. The predicted molar refractivity (Wildman–Crippen MR) is 123 cm³/mol. The van der Waals surface area contributed by atoms with Crippen LogP contribution in [0.3, 0.4) is 0 Å². The SMILES string of the molecule is O=C(NCCOCCOCCNC(=O)OC1CCC=CCCC1)OC1CCC=CCCC1. The van der Waals surface area contributed by atoms with E-state index in [2.05, 4.69) is 34.9 Å². The number of hydrogen-bond donors (Lipinski definition) is 2. The van der Waals surface area contributed by atoms with Gasteiger partial charge in [0, 0.05) is 13.1 Å². The van der Waals surface area contributed by atoms with Gasteiger partial charge >= 0.3 is 12.2 Å². The van der Waals surface area contributed by atoms with Crippen molar-refractivity contribution in [2.75, 3.05) is 39.5 Å². The Morgan fingerprint density at radius 2 is 1.06 bits per heavy atom. The largest absolute Gasteiger partial charge is 0.446 e. The van der Waals surface area contributed by atoms with E-state index in [0.29, 0.717) is 39.5 Å². The molecule has 2 atom stereocenters. The van der Waals surface area contributed by atoms with Gasteiger partial charge in [-0.2, -0.15) is 0 Å². The van der Waals surface area contributed by atoms with E-state index >= 15 is 0 Å².